The highest BCUT2D eigenvalue weighted by Gasteiger charge is 2.27. The van der Waals surface area contributed by atoms with Gasteiger partial charge in [-0.15, -0.1) is 0 Å². The van der Waals surface area contributed by atoms with E-state index in [1.54, 1.807) is 11.1 Å². The van der Waals surface area contributed by atoms with Gasteiger partial charge in [0.15, 0.2) is 0 Å². The zero-order chi connectivity index (χ0) is 9.54. The molecular weight excluding hydrogens is 172 g/mol. The molecule has 0 spiro atoms. The molecule has 3 rings (SSSR count). The van der Waals surface area contributed by atoms with E-state index in [9.17, 15) is 0 Å². The van der Waals surface area contributed by atoms with Gasteiger partial charge in [0.1, 0.15) is 0 Å². The van der Waals surface area contributed by atoms with Gasteiger partial charge < -0.3 is 10.2 Å². The zero-order valence-corrected chi connectivity index (χ0v) is 8.59. The van der Waals surface area contributed by atoms with Crippen molar-refractivity contribution in [3.05, 3.63) is 34.9 Å². The molecule has 1 aromatic carbocycles. The summed E-state index contributed by atoms with van der Waals surface area (Å²) >= 11 is 0. The van der Waals surface area contributed by atoms with Crippen LogP contribution >= 0.6 is 0 Å². The Morgan fingerprint density at radius 2 is 2.21 bits per heavy atom. The lowest BCUT2D eigenvalue weighted by atomic mass is 9.87. The second kappa shape index (κ2) is 3.07. The summed E-state index contributed by atoms with van der Waals surface area (Å²) in [7, 11) is 2.20. The van der Waals surface area contributed by atoms with Crippen LogP contribution < -0.4 is 5.32 Å². The number of nitrogens with one attached hydrogen (secondary N) is 1. The summed E-state index contributed by atoms with van der Waals surface area (Å²) in [5.74, 6) is 0. The molecule has 2 aliphatic heterocycles. The fourth-order valence-corrected chi connectivity index (χ4v) is 2.78. The molecule has 0 amide bonds. The largest absolute Gasteiger partial charge is 0.309 e. The molecule has 2 aliphatic rings. The maximum atomic E-state index is 3.61. The van der Waals surface area contributed by atoms with E-state index in [2.05, 4.69) is 35.5 Å². The predicted molar refractivity (Wildman–Crippen MR) is 57.2 cm³/mol. The number of hydrogen-bond donors (Lipinski definition) is 1. The van der Waals surface area contributed by atoms with Gasteiger partial charge in [0.2, 0.25) is 0 Å². The first-order valence-electron chi connectivity index (χ1n) is 5.37. The van der Waals surface area contributed by atoms with E-state index in [4.69, 9.17) is 0 Å². The van der Waals surface area contributed by atoms with Crippen molar-refractivity contribution in [2.75, 3.05) is 20.1 Å². The molecule has 2 heteroatoms. The van der Waals surface area contributed by atoms with Crippen LogP contribution in [0.25, 0.3) is 0 Å². The molecule has 74 valence electrons. The minimum atomic E-state index is 0.577. The predicted octanol–water partition coefficient (Wildman–Crippen LogP) is 1.32. The van der Waals surface area contributed by atoms with Crippen molar-refractivity contribution in [2.24, 2.45) is 0 Å². The second-order valence-corrected chi connectivity index (χ2v) is 4.44. The van der Waals surface area contributed by atoms with Crippen LogP contribution in [0.4, 0.5) is 0 Å². The molecule has 1 unspecified atom stereocenters. The highest BCUT2D eigenvalue weighted by molar-refractivity contribution is 5.41. The van der Waals surface area contributed by atoms with Crippen molar-refractivity contribution < 1.29 is 0 Å². The Labute approximate surface area is 84.9 Å². The van der Waals surface area contributed by atoms with Crippen molar-refractivity contribution in [3.63, 3.8) is 0 Å². The van der Waals surface area contributed by atoms with Gasteiger partial charge in [-0.2, -0.15) is 0 Å². The van der Waals surface area contributed by atoms with Gasteiger partial charge >= 0.3 is 0 Å². The Hall–Kier alpha value is -0.860. The lowest BCUT2D eigenvalue weighted by Crippen LogP contribution is -2.41. The maximum absolute atomic E-state index is 3.61. The summed E-state index contributed by atoms with van der Waals surface area (Å²) < 4.78 is 0. The quantitative estimate of drug-likeness (QED) is 0.660. The van der Waals surface area contributed by atoms with Crippen LogP contribution in [0.15, 0.2) is 18.2 Å². The summed E-state index contributed by atoms with van der Waals surface area (Å²) in [5.41, 5.74) is 4.68. The molecule has 1 aromatic rings. The van der Waals surface area contributed by atoms with E-state index in [-0.39, 0.29) is 0 Å². The Kier molecular flexibility index (Phi) is 1.85. The average molecular weight is 188 g/mol. The molecular formula is C12H16N2. The number of hydrogen-bond acceptors (Lipinski definition) is 2. The van der Waals surface area contributed by atoms with Crippen LogP contribution in [0.2, 0.25) is 0 Å². The topological polar surface area (TPSA) is 15.3 Å². The van der Waals surface area contributed by atoms with E-state index in [1.807, 2.05) is 0 Å². The summed E-state index contributed by atoms with van der Waals surface area (Å²) in [5, 5.41) is 3.61. The van der Waals surface area contributed by atoms with Gasteiger partial charge in [0, 0.05) is 19.1 Å². The molecule has 2 nitrogen and oxygen atoms in total. The molecule has 1 atom stereocenters. The highest BCUT2D eigenvalue weighted by atomic mass is 15.1. The van der Waals surface area contributed by atoms with E-state index in [0.29, 0.717) is 6.04 Å². The normalized spacial score (nSPS) is 25.9. The minimum absolute atomic E-state index is 0.577. The Morgan fingerprint density at radius 1 is 1.36 bits per heavy atom. The average Bonchev–Trinajstić information content (AvgIpc) is 2.18. The molecule has 0 fully saturated rings. The summed E-state index contributed by atoms with van der Waals surface area (Å²) in [4.78, 5) is 2.40. The van der Waals surface area contributed by atoms with Gasteiger partial charge in [-0.3, -0.25) is 0 Å². The molecule has 0 saturated carbocycles. The molecule has 14 heavy (non-hydrogen) atoms. The monoisotopic (exact) mass is 188 g/mol. The van der Waals surface area contributed by atoms with Crippen molar-refractivity contribution in [2.45, 2.75) is 19.0 Å². The molecule has 0 aliphatic carbocycles. The number of likely N-dealkylation sites (N-methyl/N-ethyl adjacent to an activating group) is 1. The lowest BCUT2D eigenvalue weighted by Gasteiger charge is -2.37. The molecule has 0 bridgehead atoms. The first-order chi connectivity index (χ1) is 6.84. The van der Waals surface area contributed by atoms with Crippen LogP contribution in [-0.4, -0.2) is 25.0 Å². The summed E-state index contributed by atoms with van der Waals surface area (Å²) in [6.45, 7) is 3.40. The Morgan fingerprint density at radius 3 is 3.14 bits per heavy atom. The molecule has 1 N–H and O–H groups in total. The number of benzene rings is 1. The van der Waals surface area contributed by atoms with Crippen LogP contribution in [0.5, 0.6) is 0 Å². The van der Waals surface area contributed by atoms with Gasteiger partial charge in [-0.1, -0.05) is 18.2 Å². The van der Waals surface area contributed by atoms with Gasteiger partial charge in [-0.05, 0) is 36.7 Å². The maximum Gasteiger partial charge on any atom is 0.0455 e. The first kappa shape index (κ1) is 8.45. The van der Waals surface area contributed by atoms with Crippen molar-refractivity contribution in [3.8, 4) is 0 Å². The second-order valence-electron chi connectivity index (χ2n) is 4.44. The minimum Gasteiger partial charge on any atom is -0.309 e. The first-order valence-corrected chi connectivity index (χ1v) is 5.37. The Balaban J connectivity index is 2.14. The molecule has 2 heterocycles. The van der Waals surface area contributed by atoms with Crippen LogP contribution in [0, 0.1) is 0 Å². The standard InChI is InChI=1S/C12H16N2/c1-14-7-10-4-2-3-9-5-6-13-11(8-14)12(9)10/h2-4,11,13H,5-8H2,1H3. The SMILES string of the molecule is CN1Cc2cccc3c2C(C1)NCC3. The third-order valence-corrected chi connectivity index (χ3v) is 3.35. The van der Waals surface area contributed by atoms with Gasteiger partial charge in [-0.25, -0.2) is 0 Å². The lowest BCUT2D eigenvalue weighted by molar-refractivity contribution is 0.254. The van der Waals surface area contributed by atoms with E-state index >= 15 is 0 Å². The molecule has 0 saturated heterocycles. The molecule has 0 radical (unpaired) electrons. The van der Waals surface area contributed by atoms with E-state index < -0.39 is 0 Å². The van der Waals surface area contributed by atoms with Gasteiger partial charge in [0.05, 0.1) is 0 Å². The fraction of sp³-hybridized carbons (Fsp3) is 0.500. The van der Waals surface area contributed by atoms with E-state index in [0.717, 1.165) is 19.6 Å². The van der Waals surface area contributed by atoms with Crippen molar-refractivity contribution in [1.29, 1.82) is 0 Å². The van der Waals surface area contributed by atoms with Crippen LogP contribution in [0.1, 0.15) is 22.7 Å². The van der Waals surface area contributed by atoms with Crippen molar-refractivity contribution >= 4 is 0 Å². The zero-order valence-electron chi connectivity index (χ0n) is 8.59. The van der Waals surface area contributed by atoms with Crippen LogP contribution in [0.3, 0.4) is 0 Å². The number of rotatable bonds is 0. The summed E-state index contributed by atoms with van der Waals surface area (Å²) in [6, 6.07) is 7.34. The van der Waals surface area contributed by atoms with E-state index in [1.165, 1.54) is 12.0 Å². The summed E-state index contributed by atoms with van der Waals surface area (Å²) in [6.07, 6.45) is 1.20. The highest BCUT2D eigenvalue weighted by Crippen LogP contribution is 2.31. The van der Waals surface area contributed by atoms with Crippen LogP contribution in [-0.2, 0) is 13.0 Å². The number of nitrogens with zero attached hydrogens (tertiary/aromatic N) is 1. The molecule has 0 aromatic heterocycles. The van der Waals surface area contributed by atoms with Crippen molar-refractivity contribution in [1.82, 2.24) is 10.2 Å². The Bertz CT molecular complexity index is 359. The fourth-order valence-electron chi connectivity index (χ4n) is 2.78. The third kappa shape index (κ3) is 1.18. The third-order valence-electron chi connectivity index (χ3n) is 3.35. The smallest absolute Gasteiger partial charge is 0.0455 e. The van der Waals surface area contributed by atoms with Gasteiger partial charge in [0.25, 0.3) is 0 Å².